The van der Waals surface area contributed by atoms with Gasteiger partial charge < -0.3 is 9.84 Å². The fourth-order valence-corrected chi connectivity index (χ4v) is 5.86. The van der Waals surface area contributed by atoms with Crippen LogP contribution in [0.15, 0.2) is 12.1 Å². The summed E-state index contributed by atoms with van der Waals surface area (Å²) in [7, 11) is 0. The van der Waals surface area contributed by atoms with Gasteiger partial charge in [0.05, 0.1) is 6.61 Å². The first-order chi connectivity index (χ1) is 12.0. The van der Waals surface area contributed by atoms with Gasteiger partial charge in [-0.25, -0.2) is 0 Å². The van der Waals surface area contributed by atoms with Crippen LogP contribution >= 0.6 is 0 Å². The van der Waals surface area contributed by atoms with Gasteiger partial charge in [0.25, 0.3) is 0 Å². The predicted molar refractivity (Wildman–Crippen MR) is 98.1 cm³/mol. The Balaban J connectivity index is 1.61. The van der Waals surface area contributed by atoms with E-state index in [1.807, 2.05) is 6.07 Å². The molecule has 0 aromatic heterocycles. The standard InChI is InChI=1S/C22H30O3/c1-3-4-11-25-15-12-14-5-6-16-17(21(14)19(23)13-15)9-10-22(2)18(16)7-8-20(22)24/h12-13,16-18,23H,3-11H2,1-2H3/t16-,17+,18+,22+/m1/s1. The summed E-state index contributed by atoms with van der Waals surface area (Å²) in [6.45, 7) is 5.06. The van der Waals surface area contributed by atoms with Gasteiger partial charge >= 0.3 is 0 Å². The fourth-order valence-electron chi connectivity index (χ4n) is 5.86. The minimum atomic E-state index is -0.0997. The molecule has 0 radical (unpaired) electrons. The number of aryl methyl sites for hydroxylation is 1. The quantitative estimate of drug-likeness (QED) is 0.784. The van der Waals surface area contributed by atoms with Crippen LogP contribution in [0.5, 0.6) is 11.5 Å². The number of aromatic hydroxyl groups is 1. The zero-order chi connectivity index (χ0) is 17.6. The second-order valence-corrected chi connectivity index (χ2v) is 8.55. The summed E-state index contributed by atoms with van der Waals surface area (Å²) < 4.78 is 5.82. The second-order valence-electron chi connectivity index (χ2n) is 8.55. The minimum absolute atomic E-state index is 0.0997. The van der Waals surface area contributed by atoms with Crippen molar-refractivity contribution in [2.24, 2.45) is 17.3 Å². The number of ketones is 1. The molecule has 3 aliphatic rings. The van der Waals surface area contributed by atoms with Crippen LogP contribution in [-0.4, -0.2) is 17.5 Å². The van der Waals surface area contributed by atoms with Crippen molar-refractivity contribution in [3.8, 4) is 11.5 Å². The number of phenols is 1. The maximum atomic E-state index is 12.4. The Morgan fingerprint density at radius 3 is 2.88 bits per heavy atom. The molecule has 1 aromatic carbocycles. The summed E-state index contributed by atoms with van der Waals surface area (Å²) in [4.78, 5) is 12.4. The van der Waals surface area contributed by atoms with E-state index in [2.05, 4.69) is 19.9 Å². The molecule has 0 spiro atoms. The number of rotatable bonds is 4. The lowest BCUT2D eigenvalue weighted by Crippen LogP contribution is -2.42. The third-order valence-electron chi connectivity index (χ3n) is 7.25. The summed E-state index contributed by atoms with van der Waals surface area (Å²) in [5.74, 6) is 3.16. The highest BCUT2D eigenvalue weighted by molar-refractivity contribution is 5.87. The Bertz CT molecular complexity index is 680. The molecule has 3 nitrogen and oxygen atoms in total. The first-order valence-corrected chi connectivity index (χ1v) is 10.1. The maximum absolute atomic E-state index is 12.4. The van der Waals surface area contributed by atoms with Crippen LogP contribution < -0.4 is 4.74 Å². The molecule has 25 heavy (non-hydrogen) atoms. The third kappa shape index (κ3) is 2.67. The van der Waals surface area contributed by atoms with Crippen molar-refractivity contribution < 1.29 is 14.6 Å². The summed E-state index contributed by atoms with van der Waals surface area (Å²) in [5.41, 5.74) is 2.32. The molecule has 0 bridgehead atoms. The molecule has 3 aliphatic carbocycles. The number of fused-ring (bicyclic) bond motifs is 5. The average Bonchev–Trinajstić information content (AvgIpc) is 2.90. The Morgan fingerprint density at radius 1 is 1.24 bits per heavy atom. The van der Waals surface area contributed by atoms with Crippen molar-refractivity contribution in [2.45, 2.75) is 71.1 Å². The van der Waals surface area contributed by atoms with E-state index in [1.165, 1.54) is 5.56 Å². The Hall–Kier alpha value is -1.51. The third-order valence-corrected chi connectivity index (χ3v) is 7.25. The molecular weight excluding hydrogens is 312 g/mol. The Kier molecular flexibility index (Phi) is 4.29. The number of carbonyl (C=O) groups excluding carboxylic acids is 1. The molecule has 3 heteroatoms. The molecule has 0 amide bonds. The predicted octanol–water partition coefficient (Wildman–Crippen LogP) is 5.00. The van der Waals surface area contributed by atoms with Gasteiger partial charge in [0.1, 0.15) is 17.3 Å². The van der Waals surface area contributed by atoms with E-state index in [9.17, 15) is 9.90 Å². The van der Waals surface area contributed by atoms with E-state index in [4.69, 9.17) is 4.74 Å². The van der Waals surface area contributed by atoms with Gasteiger partial charge in [-0.3, -0.25) is 4.79 Å². The molecule has 0 unspecified atom stereocenters. The van der Waals surface area contributed by atoms with E-state index >= 15 is 0 Å². The number of Topliss-reactive ketones (excluding diaryl/α,β-unsaturated/α-hetero) is 1. The van der Waals surface area contributed by atoms with Crippen molar-refractivity contribution in [1.29, 1.82) is 0 Å². The Labute approximate surface area is 150 Å². The normalized spacial score (nSPS) is 33.5. The van der Waals surface area contributed by atoms with Crippen LogP contribution in [0.25, 0.3) is 0 Å². The topological polar surface area (TPSA) is 46.5 Å². The monoisotopic (exact) mass is 342 g/mol. The Morgan fingerprint density at radius 2 is 2.08 bits per heavy atom. The van der Waals surface area contributed by atoms with Crippen LogP contribution in [0.1, 0.15) is 75.8 Å². The van der Waals surface area contributed by atoms with Crippen LogP contribution in [0.3, 0.4) is 0 Å². The smallest absolute Gasteiger partial charge is 0.139 e. The van der Waals surface area contributed by atoms with E-state index in [0.717, 1.165) is 62.7 Å². The molecule has 0 saturated heterocycles. The number of benzene rings is 1. The van der Waals surface area contributed by atoms with Gasteiger partial charge in [-0.15, -0.1) is 0 Å². The maximum Gasteiger partial charge on any atom is 0.139 e. The van der Waals surface area contributed by atoms with Crippen LogP contribution in [0.4, 0.5) is 0 Å². The molecule has 1 aromatic rings. The van der Waals surface area contributed by atoms with Gasteiger partial charge in [0.2, 0.25) is 0 Å². The summed E-state index contributed by atoms with van der Waals surface area (Å²) in [5, 5.41) is 10.7. The first-order valence-electron chi connectivity index (χ1n) is 10.1. The lowest BCUT2D eigenvalue weighted by Gasteiger charge is -2.48. The molecule has 1 N–H and O–H groups in total. The highest BCUT2D eigenvalue weighted by atomic mass is 16.5. The number of ether oxygens (including phenoxy) is 1. The molecule has 2 saturated carbocycles. The van der Waals surface area contributed by atoms with Crippen molar-refractivity contribution in [3.05, 3.63) is 23.3 Å². The number of unbranched alkanes of at least 4 members (excludes halogenated alkanes) is 1. The minimum Gasteiger partial charge on any atom is -0.508 e. The molecule has 4 rings (SSSR count). The lowest BCUT2D eigenvalue weighted by atomic mass is 9.55. The van der Waals surface area contributed by atoms with E-state index < -0.39 is 0 Å². The molecule has 136 valence electrons. The summed E-state index contributed by atoms with van der Waals surface area (Å²) in [6, 6.07) is 3.96. The summed E-state index contributed by atoms with van der Waals surface area (Å²) in [6.07, 6.45) is 8.10. The van der Waals surface area contributed by atoms with E-state index in [0.29, 0.717) is 35.9 Å². The highest BCUT2D eigenvalue weighted by Gasteiger charge is 2.54. The SMILES string of the molecule is CCCCOc1cc(O)c2c(c1)CC[C@@H]1[C@@H]2CC[C@]2(C)C(=O)CC[C@@H]12. The lowest BCUT2D eigenvalue weighted by molar-refractivity contribution is -0.129. The van der Waals surface area contributed by atoms with Crippen molar-refractivity contribution in [2.75, 3.05) is 6.61 Å². The average molecular weight is 342 g/mol. The zero-order valence-electron chi connectivity index (χ0n) is 15.5. The molecule has 4 atom stereocenters. The fraction of sp³-hybridized carbons (Fsp3) is 0.682. The van der Waals surface area contributed by atoms with Gasteiger partial charge in [-0.05, 0) is 67.9 Å². The van der Waals surface area contributed by atoms with Crippen LogP contribution in [-0.2, 0) is 11.2 Å². The van der Waals surface area contributed by atoms with Crippen molar-refractivity contribution in [3.63, 3.8) is 0 Å². The number of hydrogen-bond donors (Lipinski definition) is 1. The van der Waals surface area contributed by atoms with Gasteiger partial charge in [-0.1, -0.05) is 20.3 Å². The van der Waals surface area contributed by atoms with Crippen molar-refractivity contribution in [1.82, 2.24) is 0 Å². The summed E-state index contributed by atoms with van der Waals surface area (Å²) >= 11 is 0. The number of phenolic OH excluding ortho intramolecular Hbond substituents is 1. The molecular formula is C22H30O3. The first kappa shape index (κ1) is 16.9. The molecule has 2 fully saturated rings. The number of hydrogen-bond acceptors (Lipinski definition) is 3. The second kappa shape index (κ2) is 6.34. The van der Waals surface area contributed by atoms with Crippen LogP contribution in [0.2, 0.25) is 0 Å². The zero-order valence-corrected chi connectivity index (χ0v) is 15.5. The van der Waals surface area contributed by atoms with Gasteiger partial charge in [0, 0.05) is 23.5 Å². The van der Waals surface area contributed by atoms with Crippen molar-refractivity contribution >= 4 is 5.78 Å². The molecule has 0 aliphatic heterocycles. The van der Waals surface area contributed by atoms with Gasteiger partial charge in [-0.2, -0.15) is 0 Å². The van der Waals surface area contributed by atoms with Crippen LogP contribution in [0, 0.1) is 17.3 Å². The molecule has 0 heterocycles. The van der Waals surface area contributed by atoms with E-state index in [-0.39, 0.29) is 5.41 Å². The largest absolute Gasteiger partial charge is 0.508 e. The van der Waals surface area contributed by atoms with Gasteiger partial charge in [0.15, 0.2) is 0 Å². The number of carbonyl (C=O) groups is 1. The van der Waals surface area contributed by atoms with E-state index in [1.54, 1.807) is 0 Å². The highest BCUT2D eigenvalue weighted by Crippen LogP contribution is 2.60.